The minimum atomic E-state index is -2.91. The lowest BCUT2D eigenvalue weighted by molar-refractivity contribution is -0.166. The van der Waals surface area contributed by atoms with Crippen molar-refractivity contribution >= 4 is 11.9 Å². The predicted molar refractivity (Wildman–Crippen MR) is 74.3 cm³/mol. The Labute approximate surface area is 127 Å². The maximum Gasteiger partial charge on any atom is 0.329 e. The maximum absolute atomic E-state index is 13.9. The van der Waals surface area contributed by atoms with Gasteiger partial charge in [-0.3, -0.25) is 4.79 Å². The number of nitrogens with zero attached hydrogens (tertiary/aromatic N) is 1. The van der Waals surface area contributed by atoms with E-state index in [1.807, 2.05) is 18.2 Å². The van der Waals surface area contributed by atoms with E-state index in [4.69, 9.17) is 0 Å². The average molecular weight is 309 g/mol. The van der Waals surface area contributed by atoms with Gasteiger partial charge in [0.05, 0.1) is 19.4 Å². The van der Waals surface area contributed by atoms with Gasteiger partial charge in [0.25, 0.3) is 5.92 Å². The number of hydrogen-bond donors (Lipinski definition) is 0. The van der Waals surface area contributed by atoms with Crippen molar-refractivity contribution < 1.29 is 23.1 Å². The van der Waals surface area contributed by atoms with Crippen molar-refractivity contribution in [1.82, 2.24) is 4.90 Å². The Hall–Kier alpha value is -1.98. The summed E-state index contributed by atoms with van der Waals surface area (Å²) in [5.41, 5.74) is 0.797. The summed E-state index contributed by atoms with van der Waals surface area (Å²) in [5.74, 6) is -5.10. The molecule has 22 heavy (non-hydrogen) atoms. The molecule has 1 saturated carbocycles. The first-order chi connectivity index (χ1) is 10.4. The molecule has 1 aliphatic heterocycles. The molecule has 0 spiro atoms. The molecule has 1 saturated heterocycles. The van der Waals surface area contributed by atoms with Gasteiger partial charge in [0, 0.05) is 12.5 Å². The van der Waals surface area contributed by atoms with Crippen molar-refractivity contribution in [2.45, 2.75) is 37.3 Å². The van der Waals surface area contributed by atoms with Gasteiger partial charge in [0.15, 0.2) is 0 Å². The first-order valence-corrected chi connectivity index (χ1v) is 7.25. The number of carbonyl (C=O) groups excluding carboxylic acids is 2. The molecule has 6 heteroatoms. The number of carbonyl (C=O) groups is 2. The van der Waals surface area contributed by atoms with Crippen LogP contribution in [0.2, 0.25) is 0 Å². The number of hydrogen-bond acceptors (Lipinski definition) is 3. The molecule has 1 amide bonds. The Morgan fingerprint density at radius 3 is 2.64 bits per heavy atom. The Morgan fingerprint density at radius 1 is 1.32 bits per heavy atom. The van der Waals surface area contributed by atoms with Crippen LogP contribution in [0.1, 0.15) is 18.4 Å². The van der Waals surface area contributed by atoms with Crippen LogP contribution in [-0.2, 0) is 20.7 Å². The van der Waals surface area contributed by atoms with Gasteiger partial charge in [0.2, 0.25) is 5.91 Å². The van der Waals surface area contributed by atoms with Crippen molar-refractivity contribution in [3.05, 3.63) is 35.9 Å². The number of halogens is 2. The number of amides is 1. The van der Waals surface area contributed by atoms with Gasteiger partial charge in [0.1, 0.15) is 6.04 Å². The molecule has 1 aromatic rings. The Bertz CT molecular complexity index is 590. The zero-order chi connectivity index (χ0) is 15.9. The molecule has 118 valence electrons. The highest BCUT2D eigenvalue weighted by Gasteiger charge is 2.64. The summed E-state index contributed by atoms with van der Waals surface area (Å²) >= 11 is 0. The fraction of sp³-hybridized carbons (Fsp3) is 0.500. The summed E-state index contributed by atoms with van der Waals surface area (Å²) in [5, 5.41) is 0. The Morgan fingerprint density at radius 2 is 2.00 bits per heavy atom. The van der Waals surface area contributed by atoms with Gasteiger partial charge < -0.3 is 9.64 Å². The van der Waals surface area contributed by atoms with Crippen LogP contribution >= 0.6 is 0 Å². The molecular weight excluding hydrogens is 292 g/mol. The summed E-state index contributed by atoms with van der Waals surface area (Å²) in [6.45, 7) is 0. The van der Waals surface area contributed by atoms with E-state index in [0.717, 1.165) is 12.7 Å². The fourth-order valence-electron chi connectivity index (χ4n) is 3.63. The second-order valence-electron chi connectivity index (χ2n) is 5.89. The SMILES string of the molecule is COC(=O)[C@@H]1[C@@H]2C[C@H](CC2(F)F)N1C(=O)Cc1ccccc1. The number of methoxy groups -OCH3 is 1. The summed E-state index contributed by atoms with van der Waals surface area (Å²) in [6, 6.07) is 7.30. The van der Waals surface area contributed by atoms with Crippen molar-refractivity contribution in [3.8, 4) is 0 Å². The van der Waals surface area contributed by atoms with Gasteiger partial charge in [-0.05, 0) is 12.0 Å². The second kappa shape index (κ2) is 5.34. The van der Waals surface area contributed by atoms with Crippen LogP contribution in [0, 0.1) is 5.92 Å². The Balaban J connectivity index is 1.83. The third-order valence-corrected chi connectivity index (χ3v) is 4.58. The van der Waals surface area contributed by atoms with E-state index in [9.17, 15) is 18.4 Å². The highest BCUT2D eigenvalue weighted by Crippen LogP contribution is 2.52. The molecule has 3 rings (SSSR count). The molecule has 4 nitrogen and oxygen atoms in total. The Kier molecular flexibility index (Phi) is 3.62. The summed E-state index contributed by atoms with van der Waals surface area (Å²) < 4.78 is 32.5. The zero-order valence-electron chi connectivity index (χ0n) is 12.2. The van der Waals surface area contributed by atoms with Gasteiger partial charge in [-0.1, -0.05) is 30.3 Å². The largest absolute Gasteiger partial charge is 0.467 e. The van der Waals surface area contributed by atoms with E-state index in [-0.39, 0.29) is 25.2 Å². The molecule has 2 aliphatic rings. The lowest BCUT2D eigenvalue weighted by atomic mass is 9.94. The quantitative estimate of drug-likeness (QED) is 0.803. The summed E-state index contributed by atoms with van der Waals surface area (Å²) in [4.78, 5) is 25.7. The first kappa shape index (κ1) is 14.9. The van der Waals surface area contributed by atoms with E-state index in [0.29, 0.717) is 0 Å². The minimum absolute atomic E-state index is 0.100. The minimum Gasteiger partial charge on any atom is -0.467 e. The molecule has 1 heterocycles. The van der Waals surface area contributed by atoms with E-state index in [1.165, 1.54) is 4.90 Å². The third-order valence-electron chi connectivity index (χ3n) is 4.58. The lowest BCUT2D eigenvalue weighted by Gasteiger charge is -2.37. The van der Waals surface area contributed by atoms with Crippen molar-refractivity contribution in [2.24, 2.45) is 5.92 Å². The standard InChI is InChI=1S/C16H17F2NO3/c1-22-15(21)14-12-8-11(9-16(12,17)18)19(14)13(20)7-10-5-3-2-4-6-10/h2-6,11-12,14H,7-9H2,1H3/t11-,12+,14+/m1/s1. The van der Waals surface area contributed by atoms with Gasteiger partial charge >= 0.3 is 5.97 Å². The number of alkyl halides is 2. The number of fused-ring (bicyclic) bond motifs is 2. The summed E-state index contributed by atoms with van der Waals surface area (Å²) in [6.07, 6.45) is -0.109. The van der Waals surface area contributed by atoms with Crippen molar-refractivity contribution in [2.75, 3.05) is 7.11 Å². The molecule has 0 N–H and O–H groups in total. The van der Waals surface area contributed by atoms with Crippen molar-refractivity contribution in [1.29, 1.82) is 0 Å². The topological polar surface area (TPSA) is 46.6 Å². The third kappa shape index (κ3) is 2.36. The smallest absolute Gasteiger partial charge is 0.329 e. The van der Waals surface area contributed by atoms with Crippen LogP contribution in [0.3, 0.4) is 0 Å². The van der Waals surface area contributed by atoms with Gasteiger partial charge in [-0.15, -0.1) is 0 Å². The second-order valence-corrected chi connectivity index (χ2v) is 5.89. The predicted octanol–water partition coefficient (Wildman–Crippen LogP) is 2.03. The van der Waals surface area contributed by atoms with E-state index < -0.39 is 29.9 Å². The number of rotatable bonds is 3. The molecule has 2 fully saturated rings. The van der Waals surface area contributed by atoms with Crippen molar-refractivity contribution in [3.63, 3.8) is 0 Å². The molecule has 0 unspecified atom stereocenters. The number of esters is 1. The van der Waals surface area contributed by atoms with Crippen LogP contribution in [0.15, 0.2) is 30.3 Å². The van der Waals surface area contributed by atoms with Crippen LogP contribution in [-0.4, -0.2) is 41.9 Å². The van der Waals surface area contributed by atoms with E-state index >= 15 is 0 Å². The van der Waals surface area contributed by atoms with Crippen LogP contribution in [0.25, 0.3) is 0 Å². The fourth-order valence-corrected chi connectivity index (χ4v) is 3.63. The average Bonchev–Trinajstić information content (AvgIpc) is 3.00. The molecule has 3 atom stereocenters. The zero-order valence-corrected chi connectivity index (χ0v) is 12.2. The monoisotopic (exact) mass is 309 g/mol. The van der Waals surface area contributed by atoms with Gasteiger partial charge in [-0.2, -0.15) is 0 Å². The molecule has 2 bridgehead atoms. The number of piperidine rings is 1. The highest BCUT2D eigenvalue weighted by atomic mass is 19.3. The normalized spacial score (nSPS) is 28.7. The van der Waals surface area contributed by atoms with Crippen LogP contribution in [0.4, 0.5) is 8.78 Å². The molecule has 0 radical (unpaired) electrons. The molecule has 1 aliphatic carbocycles. The maximum atomic E-state index is 13.9. The van der Waals surface area contributed by atoms with E-state index in [2.05, 4.69) is 4.74 Å². The van der Waals surface area contributed by atoms with Crippen LogP contribution < -0.4 is 0 Å². The lowest BCUT2D eigenvalue weighted by Crippen LogP contribution is -2.55. The molecular formula is C16H17F2NO3. The first-order valence-electron chi connectivity index (χ1n) is 7.25. The van der Waals surface area contributed by atoms with Gasteiger partial charge in [-0.25, -0.2) is 13.6 Å². The molecule has 1 aromatic carbocycles. The molecule has 0 aromatic heterocycles. The number of ether oxygens (including phenoxy) is 1. The number of likely N-dealkylation sites (tertiary alicyclic amines) is 1. The highest BCUT2D eigenvalue weighted by molar-refractivity contribution is 5.87. The summed E-state index contributed by atoms with van der Waals surface area (Å²) in [7, 11) is 1.16. The van der Waals surface area contributed by atoms with E-state index in [1.54, 1.807) is 12.1 Å². The van der Waals surface area contributed by atoms with Crippen LogP contribution in [0.5, 0.6) is 0 Å². The number of benzene rings is 1.